The predicted octanol–water partition coefficient (Wildman–Crippen LogP) is 4.05. The van der Waals surface area contributed by atoms with Crippen molar-refractivity contribution in [3.8, 4) is 5.75 Å². The zero-order valence-electron chi connectivity index (χ0n) is 14.8. The summed E-state index contributed by atoms with van der Waals surface area (Å²) in [5, 5.41) is 9.22. The molecule has 0 saturated heterocycles. The Morgan fingerprint density at radius 2 is 1.96 bits per heavy atom. The van der Waals surface area contributed by atoms with E-state index in [4.69, 9.17) is 14.3 Å². The Labute approximate surface area is 155 Å². The van der Waals surface area contributed by atoms with Crippen LogP contribution in [0, 0.1) is 6.92 Å². The van der Waals surface area contributed by atoms with Crippen molar-refractivity contribution in [2.75, 3.05) is 6.61 Å². The van der Waals surface area contributed by atoms with E-state index in [-0.39, 0.29) is 5.43 Å². The average Bonchev–Trinajstić information content (AvgIpc) is 3.05. The minimum absolute atomic E-state index is 0.0386. The lowest BCUT2D eigenvalue weighted by molar-refractivity contribution is -0.139. The van der Waals surface area contributed by atoms with E-state index in [0.29, 0.717) is 34.5 Å². The van der Waals surface area contributed by atoms with Crippen LogP contribution in [0.5, 0.6) is 5.75 Å². The van der Waals surface area contributed by atoms with E-state index < -0.39 is 12.6 Å². The fraction of sp³-hybridized carbons (Fsp3) is 0.182. The van der Waals surface area contributed by atoms with Crippen LogP contribution < -0.4 is 10.2 Å². The van der Waals surface area contributed by atoms with Gasteiger partial charge in [-0.3, -0.25) is 4.79 Å². The summed E-state index contributed by atoms with van der Waals surface area (Å²) in [7, 11) is 0. The molecule has 0 amide bonds. The molecule has 4 rings (SSSR count). The highest BCUT2D eigenvalue weighted by molar-refractivity contribution is 5.87. The SMILES string of the molecule is Cc1ccc(C=C2CCc3c2oc2cc(OCC(=O)O)ccc2c3=O)cc1. The van der Waals surface area contributed by atoms with Crippen LogP contribution in [0.25, 0.3) is 22.6 Å². The number of carboxylic acids is 1. The molecule has 0 aliphatic heterocycles. The predicted molar refractivity (Wildman–Crippen MR) is 103 cm³/mol. The van der Waals surface area contributed by atoms with Gasteiger partial charge in [-0.25, -0.2) is 4.79 Å². The number of fused-ring (bicyclic) bond motifs is 2. The summed E-state index contributed by atoms with van der Waals surface area (Å²) in [4.78, 5) is 23.5. The molecule has 3 aromatic rings. The molecule has 0 atom stereocenters. The Bertz CT molecular complexity index is 1120. The Balaban J connectivity index is 1.77. The first-order chi connectivity index (χ1) is 13.0. The lowest BCUT2D eigenvalue weighted by Gasteiger charge is -2.07. The molecule has 0 radical (unpaired) electrons. The highest BCUT2D eigenvalue weighted by atomic mass is 16.5. The zero-order chi connectivity index (χ0) is 19.0. The molecule has 0 fully saturated rings. The summed E-state index contributed by atoms with van der Waals surface area (Å²) < 4.78 is 11.2. The van der Waals surface area contributed by atoms with E-state index in [1.165, 1.54) is 5.56 Å². The average molecular weight is 362 g/mol. The van der Waals surface area contributed by atoms with Gasteiger partial charge in [0.15, 0.2) is 12.0 Å². The molecule has 0 saturated carbocycles. The van der Waals surface area contributed by atoms with Crippen LogP contribution in [0.15, 0.2) is 51.7 Å². The van der Waals surface area contributed by atoms with E-state index >= 15 is 0 Å². The Morgan fingerprint density at radius 1 is 1.19 bits per heavy atom. The third kappa shape index (κ3) is 3.36. The molecule has 1 heterocycles. The molecule has 1 N–H and O–H groups in total. The smallest absolute Gasteiger partial charge is 0.341 e. The first-order valence-corrected chi connectivity index (χ1v) is 8.73. The van der Waals surface area contributed by atoms with Crippen molar-refractivity contribution >= 4 is 28.6 Å². The van der Waals surface area contributed by atoms with Crippen molar-refractivity contribution in [2.45, 2.75) is 19.8 Å². The second-order valence-corrected chi connectivity index (χ2v) is 6.66. The van der Waals surface area contributed by atoms with Crippen LogP contribution in [0.3, 0.4) is 0 Å². The molecule has 0 unspecified atom stereocenters. The molecule has 0 bridgehead atoms. The van der Waals surface area contributed by atoms with Gasteiger partial charge in [-0.05, 0) is 49.1 Å². The quantitative estimate of drug-likeness (QED) is 0.758. The van der Waals surface area contributed by atoms with Gasteiger partial charge in [0.05, 0.1) is 5.39 Å². The summed E-state index contributed by atoms with van der Waals surface area (Å²) in [6.45, 7) is 1.59. The third-order valence-corrected chi connectivity index (χ3v) is 4.67. The van der Waals surface area contributed by atoms with Crippen LogP contribution in [0.4, 0.5) is 0 Å². The number of carboxylic acid groups (broad SMARTS) is 1. The Morgan fingerprint density at radius 3 is 2.70 bits per heavy atom. The van der Waals surface area contributed by atoms with Gasteiger partial charge in [0.25, 0.3) is 0 Å². The Hall–Kier alpha value is -3.34. The summed E-state index contributed by atoms with van der Waals surface area (Å²) in [6.07, 6.45) is 3.45. The second-order valence-electron chi connectivity index (χ2n) is 6.66. The normalized spacial score (nSPS) is 14.5. The van der Waals surface area contributed by atoms with E-state index in [0.717, 1.165) is 17.6 Å². The summed E-state index contributed by atoms with van der Waals surface area (Å²) in [5.41, 5.74) is 4.30. The van der Waals surface area contributed by atoms with Gasteiger partial charge in [-0.1, -0.05) is 29.8 Å². The topological polar surface area (TPSA) is 76.7 Å². The molecular formula is C22H18O5. The number of allylic oxidation sites excluding steroid dienone is 1. The molecule has 1 aliphatic rings. The van der Waals surface area contributed by atoms with Crippen molar-refractivity contribution in [1.82, 2.24) is 0 Å². The van der Waals surface area contributed by atoms with Crippen molar-refractivity contribution in [1.29, 1.82) is 0 Å². The minimum atomic E-state index is -1.06. The summed E-state index contributed by atoms with van der Waals surface area (Å²) in [5.74, 6) is -0.0904. The molecule has 5 nitrogen and oxygen atoms in total. The fourth-order valence-electron chi connectivity index (χ4n) is 3.31. The van der Waals surface area contributed by atoms with E-state index in [1.807, 2.05) is 37.3 Å². The van der Waals surface area contributed by atoms with Gasteiger partial charge in [0, 0.05) is 11.6 Å². The second kappa shape index (κ2) is 6.76. The lowest BCUT2D eigenvalue weighted by Crippen LogP contribution is -2.10. The van der Waals surface area contributed by atoms with Gasteiger partial charge in [-0.15, -0.1) is 0 Å². The van der Waals surface area contributed by atoms with Crippen LogP contribution >= 0.6 is 0 Å². The molecule has 27 heavy (non-hydrogen) atoms. The van der Waals surface area contributed by atoms with Gasteiger partial charge in [0.1, 0.15) is 17.1 Å². The molecule has 2 aromatic carbocycles. The molecular weight excluding hydrogens is 344 g/mol. The first-order valence-electron chi connectivity index (χ1n) is 8.73. The monoisotopic (exact) mass is 362 g/mol. The number of aliphatic carboxylic acids is 1. The van der Waals surface area contributed by atoms with E-state index in [1.54, 1.807) is 18.2 Å². The maximum atomic E-state index is 12.8. The van der Waals surface area contributed by atoms with E-state index in [2.05, 4.69) is 0 Å². The van der Waals surface area contributed by atoms with Crippen molar-refractivity contribution in [2.24, 2.45) is 0 Å². The van der Waals surface area contributed by atoms with Crippen molar-refractivity contribution in [3.05, 3.63) is 75.1 Å². The molecule has 0 spiro atoms. The van der Waals surface area contributed by atoms with Crippen molar-refractivity contribution in [3.63, 3.8) is 0 Å². The van der Waals surface area contributed by atoms with Gasteiger partial charge in [0.2, 0.25) is 0 Å². The Kier molecular flexibility index (Phi) is 4.28. The summed E-state index contributed by atoms with van der Waals surface area (Å²) >= 11 is 0. The van der Waals surface area contributed by atoms with Gasteiger partial charge >= 0.3 is 5.97 Å². The highest BCUT2D eigenvalue weighted by Gasteiger charge is 2.24. The van der Waals surface area contributed by atoms with Crippen molar-refractivity contribution < 1.29 is 19.1 Å². The number of benzene rings is 2. The minimum Gasteiger partial charge on any atom is -0.482 e. The molecule has 136 valence electrons. The van der Waals surface area contributed by atoms with Gasteiger partial charge < -0.3 is 14.3 Å². The van der Waals surface area contributed by atoms with Crippen LogP contribution in [-0.4, -0.2) is 17.7 Å². The third-order valence-electron chi connectivity index (χ3n) is 4.67. The maximum Gasteiger partial charge on any atom is 0.341 e. The first kappa shape index (κ1) is 17.1. The number of hydrogen-bond donors (Lipinski definition) is 1. The number of rotatable bonds is 4. The van der Waals surface area contributed by atoms with Crippen LogP contribution in [0.1, 0.15) is 28.9 Å². The number of hydrogen-bond acceptors (Lipinski definition) is 4. The van der Waals surface area contributed by atoms with Crippen LogP contribution in [0.2, 0.25) is 0 Å². The van der Waals surface area contributed by atoms with Gasteiger partial charge in [-0.2, -0.15) is 0 Å². The number of aryl methyl sites for hydroxylation is 1. The maximum absolute atomic E-state index is 12.8. The highest BCUT2D eigenvalue weighted by Crippen LogP contribution is 2.34. The molecule has 5 heteroatoms. The number of carbonyl (C=O) groups is 1. The zero-order valence-corrected chi connectivity index (χ0v) is 14.8. The van der Waals surface area contributed by atoms with Crippen LogP contribution in [-0.2, 0) is 11.2 Å². The largest absolute Gasteiger partial charge is 0.482 e. The fourth-order valence-corrected chi connectivity index (χ4v) is 3.31. The summed E-state index contributed by atoms with van der Waals surface area (Å²) in [6, 6.07) is 13.0. The van der Waals surface area contributed by atoms with E-state index in [9.17, 15) is 9.59 Å². The molecule has 1 aliphatic carbocycles. The lowest BCUT2D eigenvalue weighted by atomic mass is 10.1. The molecule has 1 aromatic heterocycles. The number of ether oxygens (including phenoxy) is 1. The standard InChI is InChI=1S/C22H18O5/c1-13-2-4-14(5-3-13)10-15-6-8-18-21(25)17-9-7-16(26-12-20(23)24)11-19(17)27-22(15)18/h2-5,7,9-11H,6,8,12H2,1H3,(H,23,24).